The van der Waals surface area contributed by atoms with Crippen LogP contribution in [0, 0.1) is 0 Å². The Kier molecular flexibility index (Phi) is 7.54. The highest BCUT2D eigenvalue weighted by atomic mass is 19.3. The van der Waals surface area contributed by atoms with Gasteiger partial charge in [0.1, 0.15) is 11.3 Å². The van der Waals surface area contributed by atoms with Gasteiger partial charge in [-0.3, -0.25) is 9.59 Å². The molecule has 1 heterocycles. The van der Waals surface area contributed by atoms with E-state index in [4.69, 9.17) is 4.52 Å². The van der Waals surface area contributed by atoms with Crippen molar-refractivity contribution in [2.75, 3.05) is 5.32 Å². The van der Waals surface area contributed by atoms with Gasteiger partial charge in [0, 0.05) is 19.8 Å². The summed E-state index contributed by atoms with van der Waals surface area (Å²) in [6, 6.07) is 5.96. The summed E-state index contributed by atoms with van der Waals surface area (Å²) in [5, 5.41) is 9.64. The van der Waals surface area contributed by atoms with Crippen LogP contribution in [0.5, 0.6) is 5.75 Å². The third-order valence-electron chi connectivity index (χ3n) is 5.21. The van der Waals surface area contributed by atoms with Crippen LogP contribution in [-0.2, 0) is 21.5 Å². The molecule has 168 valence electrons. The highest BCUT2D eigenvalue weighted by Crippen LogP contribution is 2.34. The van der Waals surface area contributed by atoms with E-state index >= 15 is 0 Å². The molecule has 8 nitrogen and oxygen atoms in total. The monoisotopic (exact) mass is 436 g/mol. The first-order valence-electron chi connectivity index (χ1n) is 10.3. The van der Waals surface area contributed by atoms with Crippen molar-refractivity contribution in [3.05, 3.63) is 36.0 Å². The molecule has 31 heavy (non-hydrogen) atoms. The molecule has 0 unspecified atom stereocenters. The lowest BCUT2D eigenvalue weighted by Crippen LogP contribution is -2.45. The predicted molar refractivity (Wildman–Crippen MR) is 108 cm³/mol. The third-order valence-corrected chi connectivity index (χ3v) is 5.21. The van der Waals surface area contributed by atoms with Crippen molar-refractivity contribution in [1.29, 1.82) is 0 Å². The van der Waals surface area contributed by atoms with Crippen LogP contribution < -0.4 is 15.4 Å². The Morgan fingerprint density at radius 1 is 1.19 bits per heavy atom. The predicted octanol–water partition coefficient (Wildman–Crippen LogP) is 3.93. The standard InChI is InChI=1S/C21H26F2N4O4/c1-14(28)26-21(12-6-2-3-7-13-21)19-25-18(31-27-19)11-10-17(29)24-15-8-4-5-9-16(15)30-20(22)23/h4-5,8-9,20H,2-3,6-7,10-13H2,1H3,(H,24,29)(H,26,28). The zero-order valence-electron chi connectivity index (χ0n) is 17.3. The van der Waals surface area contributed by atoms with Crippen molar-refractivity contribution in [1.82, 2.24) is 15.5 Å². The number of hydrogen-bond acceptors (Lipinski definition) is 6. The van der Waals surface area contributed by atoms with Crippen LogP contribution in [-0.4, -0.2) is 28.6 Å². The highest BCUT2D eigenvalue weighted by molar-refractivity contribution is 5.92. The molecule has 0 aliphatic heterocycles. The van der Waals surface area contributed by atoms with Crippen LogP contribution in [0.1, 0.15) is 63.6 Å². The van der Waals surface area contributed by atoms with Crippen LogP contribution in [0.25, 0.3) is 0 Å². The van der Waals surface area contributed by atoms with Crippen molar-refractivity contribution < 1.29 is 27.6 Å². The topological polar surface area (TPSA) is 106 Å². The fourth-order valence-corrected chi connectivity index (χ4v) is 3.83. The molecule has 0 spiro atoms. The Labute approximate surface area is 178 Å². The van der Waals surface area contributed by atoms with Crippen molar-refractivity contribution >= 4 is 17.5 Å². The molecule has 0 saturated heterocycles. The van der Waals surface area contributed by atoms with E-state index < -0.39 is 18.1 Å². The van der Waals surface area contributed by atoms with E-state index in [0.717, 1.165) is 38.5 Å². The first kappa shape index (κ1) is 22.6. The fraction of sp³-hybridized carbons (Fsp3) is 0.524. The van der Waals surface area contributed by atoms with E-state index in [9.17, 15) is 18.4 Å². The lowest BCUT2D eigenvalue weighted by Gasteiger charge is -2.30. The van der Waals surface area contributed by atoms with Crippen LogP contribution in [0.3, 0.4) is 0 Å². The summed E-state index contributed by atoms with van der Waals surface area (Å²) in [6.07, 6.45) is 5.72. The van der Waals surface area contributed by atoms with Gasteiger partial charge in [-0.2, -0.15) is 13.8 Å². The van der Waals surface area contributed by atoms with Crippen molar-refractivity contribution in [2.45, 2.75) is 70.4 Å². The maximum atomic E-state index is 12.5. The summed E-state index contributed by atoms with van der Waals surface area (Å²) < 4.78 is 34.8. The lowest BCUT2D eigenvalue weighted by atomic mass is 9.89. The van der Waals surface area contributed by atoms with E-state index in [0.29, 0.717) is 5.82 Å². The Morgan fingerprint density at radius 3 is 2.58 bits per heavy atom. The molecule has 1 saturated carbocycles. The maximum absolute atomic E-state index is 12.5. The number of aromatic nitrogens is 2. The van der Waals surface area contributed by atoms with E-state index in [1.54, 1.807) is 6.07 Å². The number of nitrogens with zero attached hydrogens (tertiary/aromatic N) is 2. The van der Waals surface area contributed by atoms with E-state index in [1.807, 2.05) is 0 Å². The molecule has 1 fully saturated rings. The number of benzene rings is 1. The first-order valence-corrected chi connectivity index (χ1v) is 10.3. The Bertz CT molecular complexity index is 895. The number of aryl methyl sites for hydroxylation is 1. The van der Waals surface area contributed by atoms with Gasteiger partial charge in [0.05, 0.1) is 5.69 Å². The van der Waals surface area contributed by atoms with Crippen LogP contribution in [0.15, 0.2) is 28.8 Å². The van der Waals surface area contributed by atoms with Gasteiger partial charge < -0.3 is 19.9 Å². The normalized spacial score (nSPS) is 15.9. The third kappa shape index (κ3) is 6.22. The minimum Gasteiger partial charge on any atom is -0.433 e. The van der Waals surface area contributed by atoms with Crippen LogP contribution in [0.2, 0.25) is 0 Å². The van der Waals surface area contributed by atoms with Gasteiger partial charge in [0.15, 0.2) is 5.82 Å². The van der Waals surface area contributed by atoms with Gasteiger partial charge in [0.25, 0.3) is 0 Å². The zero-order valence-corrected chi connectivity index (χ0v) is 17.3. The number of ether oxygens (including phenoxy) is 1. The second kappa shape index (κ2) is 10.3. The minimum absolute atomic E-state index is 0.0117. The number of halogens is 2. The summed E-state index contributed by atoms with van der Waals surface area (Å²) in [5.41, 5.74) is -0.500. The number of carbonyl (C=O) groups is 2. The molecule has 1 aliphatic rings. The number of hydrogen-bond donors (Lipinski definition) is 2. The zero-order chi connectivity index (χ0) is 22.3. The summed E-state index contributed by atoms with van der Waals surface area (Å²) in [7, 11) is 0. The minimum atomic E-state index is -2.99. The number of alkyl halides is 2. The lowest BCUT2D eigenvalue weighted by molar-refractivity contribution is -0.121. The first-order chi connectivity index (χ1) is 14.9. The van der Waals surface area contributed by atoms with E-state index in [1.165, 1.54) is 25.1 Å². The molecule has 0 bridgehead atoms. The van der Waals surface area contributed by atoms with Gasteiger partial charge in [-0.05, 0) is 25.0 Å². The van der Waals surface area contributed by atoms with E-state index in [2.05, 4.69) is 25.5 Å². The average molecular weight is 436 g/mol. The fourth-order valence-electron chi connectivity index (χ4n) is 3.83. The number of amides is 2. The van der Waals surface area contributed by atoms with Gasteiger partial charge >= 0.3 is 6.61 Å². The second-order valence-electron chi connectivity index (χ2n) is 7.61. The molecule has 10 heteroatoms. The number of rotatable bonds is 8. The Morgan fingerprint density at radius 2 is 1.90 bits per heavy atom. The quantitative estimate of drug-likeness (QED) is 0.608. The van der Waals surface area contributed by atoms with E-state index in [-0.39, 0.29) is 36.1 Å². The summed E-state index contributed by atoms with van der Waals surface area (Å²) in [6.45, 7) is -1.53. The summed E-state index contributed by atoms with van der Waals surface area (Å²) >= 11 is 0. The molecular weight excluding hydrogens is 410 g/mol. The smallest absolute Gasteiger partial charge is 0.387 e. The SMILES string of the molecule is CC(=O)NC1(c2noc(CCC(=O)Nc3ccccc3OC(F)F)n2)CCCCCC1. The molecule has 2 aromatic rings. The molecule has 0 atom stereocenters. The van der Waals surface area contributed by atoms with Gasteiger partial charge in [-0.15, -0.1) is 0 Å². The maximum Gasteiger partial charge on any atom is 0.387 e. The molecule has 1 aliphatic carbocycles. The molecule has 1 aromatic heterocycles. The Hall–Kier alpha value is -3.04. The molecule has 2 amide bonds. The van der Waals surface area contributed by atoms with Gasteiger partial charge in [0.2, 0.25) is 17.7 Å². The van der Waals surface area contributed by atoms with Gasteiger partial charge in [-0.1, -0.05) is 43.0 Å². The van der Waals surface area contributed by atoms with Crippen molar-refractivity contribution in [2.24, 2.45) is 0 Å². The Balaban J connectivity index is 1.63. The van der Waals surface area contributed by atoms with Crippen LogP contribution >= 0.6 is 0 Å². The molecular formula is C21H26F2N4O4. The second-order valence-corrected chi connectivity index (χ2v) is 7.61. The molecule has 2 N–H and O–H groups in total. The molecule has 0 radical (unpaired) electrons. The van der Waals surface area contributed by atoms with Crippen molar-refractivity contribution in [3.63, 3.8) is 0 Å². The number of carbonyl (C=O) groups excluding carboxylic acids is 2. The van der Waals surface area contributed by atoms with Crippen LogP contribution in [0.4, 0.5) is 14.5 Å². The number of nitrogens with one attached hydrogen (secondary N) is 2. The van der Waals surface area contributed by atoms with Crippen molar-refractivity contribution in [3.8, 4) is 5.75 Å². The summed E-state index contributed by atoms with van der Waals surface area (Å²) in [5.74, 6) is 0.0249. The average Bonchev–Trinajstić information content (AvgIpc) is 3.07. The molecule has 3 rings (SSSR count). The molecule has 1 aromatic carbocycles. The van der Waals surface area contributed by atoms with Gasteiger partial charge in [-0.25, -0.2) is 0 Å². The summed E-state index contributed by atoms with van der Waals surface area (Å²) in [4.78, 5) is 28.5. The highest BCUT2D eigenvalue weighted by Gasteiger charge is 2.38. The largest absolute Gasteiger partial charge is 0.433 e. The number of anilines is 1. The number of para-hydroxylation sites is 2.